The summed E-state index contributed by atoms with van der Waals surface area (Å²) >= 11 is 1.55. The number of hydrogen-bond acceptors (Lipinski definition) is 9. The minimum atomic E-state index is 0.182. The monoisotopic (exact) mass is 462 g/mol. The fourth-order valence-electron chi connectivity index (χ4n) is 4.14. The van der Waals surface area contributed by atoms with Crippen LogP contribution >= 0.6 is 11.8 Å². The van der Waals surface area contributed by atoms with Crippen molar-refractivity contribution in [2.75, 3.05) is 11.1 Å². The predicted molar refractivity (Wildman–Crippen MR) is 128 cm³/mol. The molecule has 0 bridgehead atoms. The summed E-state index contributed by atoms with van der Waals surface area (Å²) in [5, 5.41) is 13.0. The zero-order valence-electron chi connectivity index (χ0n) is 18.4. The number of para-hydroxylation sites is 1. The van der Waals surface area contributed by atoms with E-state index in [9.17, 15) is 0 Å². The number of furan rings is 1. The van der Waals surface area contributed by atoms with E-state index >= 15 is 0 Å². The number of benzene rings is 1. The second-order valence-corrected chi connectivity index (χ2v) is 9.05. The first-order valence-electron chi connectivity index (χ1n) is 11.1. The van der Waals surface area contributed by atoms with Crippen molar-refractivity contribution in [1.29, 1.82) is 0 Å². The van der Waals surface area contributed by atoms with Crippen LogP contribution in [-0.4, -0.2) is 29.7 Å². The molecule has 3 N–H and O–H groups in total. The Morgan fingerprint density at radius 1 is 1.06 bits per heavy atom. The van der Waals surface area contributed by atoms with Gasteiger partial charge >= 0.3 is 0 Å². The van der Waals surface area contributed by atoms with Crippen LogP contribution in [-0.2, 0) is 5.75 Å². The number of hydrogen-bond donors (Lipinski definition) is 2. The number of rotatable bonds is 7. The highest BCUT2D eigenvalue weighted by atomic mass is 32.2. The lowest BCUT2D eigenvalue weighted by Gasteiger charge is -2.25. The third-order valence-corrected chi connectivity index (χ3v) is 6.71. The van der Waals surface area contributed by atoms with Gasteiger partial charge in [0.25, 0.3) is 0 Å². The van der Waals surface area contributed by atoms with E-state index in [1.54, 1.807) is 18.0 Å². The van der Waals surface area contributed by atoms with Gasteiger partial charge in [-0.25, -0.2) is 0 Å². The zero-order valence-corrected chi connectivity index (χ0v) is 19.3. The smallest absolute Gasteiger partial charge is 0.232 e. The molecule has 1 saturated carbocycles. The summed E-state index contributed by atoms with van der Waals surface area (Å²) in [5.74, 6) is 3.19. The lowest BCUT2D eigenvalue weighted by Crippen LogP contribution is -2.15. The van der Waals surface area contributed by atoms with Crippen LogP contribution in [0.25, 0.3) is 11.6 Å². The largest absolute Gasteiger partial charge is 0.461 e. The molecular formula is C23H26N8OS. The molecule has 3 heterocycles. The maximum atomic E-state index is 5.98. The number of nitrogens with two attached hydrogens (primary N) is 1. The van der Waals surface area contributed by atoms with Gasteiger partial charge in [0.2, 0.25) is 17.7 Å². The second kappa shape index (κ2) is 9.62. The molecule has 1 fully saturated rings. The quantitative estimate of drug-likeness (QED) is 0.359. The Kier molecular flexibility index (Phi) is 6.25. The molecule has 4 aromatic rings. The van der Waals surface area contributed by atoms with Crippen molar-refractivity contribution < 1.29 is 4.42 Å². The predicted octanol–water partition coefficient (Wildman–Crippen LogP) is 5.15. The first-order chi connectivity index (χ1) is 16.2. The van der Waals surface area contributed by atoms with Crippen molar-refractivity contribution >= 4 is 29.3 Å². The maximum absolute atomic E-state index is 5.98. The van der Waals surface area contributed by atoms with Crippen LogP contribution in [0.2, 0.25) is 0 Å². The summed E-state index contributed by atoms with van der Waals surface area (Å²) in [6, 6.07) is 12.1. The highest BCUT2D eigenvalue weighted by Crippen LogP contribution is 2.36. The minimum absolute atomic E-state index is 0.182. The van der Waals surface area contributed by atoms with Crippen molar-refractivity contribution in [3.8, 4) is 11.6 Å². The van der Waals surface area contributed by atoms with Gasteiger partial charge in [-0.1, -0.05) is 49.2 Å². The molecule has 0 atom stereocenters. The highest BCUT2D eigenvalue weighted by Gasteiger charge is 2.25. The molecule has 9 nitrogen and oxygen atoms in total. The van der Waals surface area contributed by atoms with Gasteiger partial charge in [0.05, 0.1) is 12.0 Å². The van der Waals surface area contributed by atoms with E-state index in [0.717, 1.165) is 40.8 Å². The van der Waals surface area contributed by atoms with Crippen LogP contribution in [0.3, 0.4) is 0 Å². The topological polar surface area (TPSA) is 121 Å². The molecule has 1 aliphatic rings. The van der Waals surface area contributed by atoms with Gasteiger partial charge in [0, 0.05) is 11.7 Å². The number of nitrogen functional groups attached to an aromatic ring is 1. The summed E-state index contributed by atoms with van der Waals surface area (Å²) in [4.78, 5) is 13.1. The van der Waals surface area contributed by atoms with Crippen LogP contribution in [0.4, 0.5) is 17.6 Å². The molecule has 0 unspecified atom stereocenters. The Hall–Kier alpha value is -3.40. The van der Waals surface area contributed by atoms with E-state index in [0.29, 0.717) is 23.6 Å². The average molecular weight is 463 g/mol. The molecule has 0 aliphatic heterocycles. The number of aromatic nitrogens is 6. The molecule has 33 heavy (non-hydrogen) atoms. The number of aryl methyl sites for hydroxylation is 1. The van der Waals surface area contributed by atoms with Gasteiger partial charge in [-0.15, -0.1) is 10.2 Å². The summed E-state index contributed by atoms with van der Waals surface area (Å²) < 4.78 is 7.86. The minimum Gasteiger partial charge on any atom is -0.461 e. The van der Waals surface area contributed by atoms with Crippen molar-refractivity contribution in [2.45, 2.75) is 56.0 Å². The summed E-state index contributed by atoms with van der Waals surface area (Å²) in [6.07, 6.45) is 7.59. The van der Waals surface area contributed by atoms with E-state index < -0.39 is 0 Å². The van der Waals surface area contributed by atoms with Gasteiger partial charge in [-0.05, 0) is 43.5 Å². The van der Waals surface area contributed by atoms with E-state index in [1.807, 2.05) is 43.3 Å². The lowest BCUT2D eigenvalue weighted by atomic mass is 9.95. The van der Waals surface area contributed by atoms with E-state index in [4.69, 9.17) is 10.2 Å². The van der Waals surface area contributed by atoms with E-state index in [1.165, 1.54) is 19.3 Å². The third kappa shape index (κ3) is 4.85. The van der Waals surface area contributed by atoms with Crippen LogP contribution in [0.5, 0.6) is 0 Å². The Morgan fingerprint density at radius 2 is 1.91 bits per heavy atom. The molecule has 0 amide bonds. The number of nitrogens with zero attached hydrogens (tertiary/aromatic N) is 6. The Bertz CT molecular complexity index is 1220. The highest BCUT2D eigenvalue weighted by molar-refractivity contribution is 7.98. The zero-order chi connectivity index (χ0) is 22.6. The van der Waals surface area contributed by atoms with Crippen LogP contribution in [0, 0.1) is 6.92 Å². The summed E-state index contributed by atoms with van der Waals surface area (Å²) in [7, 11) is 0. The second-order valence-electron chi connectivity index (χ2n) is 8.11. The molecule has 0 radical (unpaired) electrons. The Morgan fingerprint density at radius 3 is 2.70 bits per heavy atom. The molecular weight excluding hydrogens is 436 g/mol. The fraction of sp³-hybridized carbons (Fsp3) is 0.348. The summed E-state index contributed by atoms with van der Waals surface area (Å²) in [6.45, 7) is 2.03. The third-order valence-electron chi connectivity index (χ3n) is 5.77. The van der Waals surface area contributed by atoms with Gasteiger partial charge in [0.1, 0.15) is 5.82 Å². The fourth-order valence-corrected chi connectivity index (χ4v) is 5.00. The Balaban J connectivity index is 1.38. The molecule has 5 rings (SSSR count). The van der Waals surface area contributed by atoms with E-state index in [2.05, 4.69) is 35.0 Å². The SMILES string of the molecule is Cc1ccccc1Nc1nc(N)nc(CSc2nnc(-c3ccco3)n2C2CCCCC2)n1. The molecule has 3 aromatic heterocycles. The van der Waals surface area contributed by atoms with Crippen molar-refractivity contribution in [3.05, 3.63) is 54.0 Å². The van der Waals surface area contributed by atoms with Crippen LogP contribution < -0.4 is 11.1 Å². The first kappa shape index (κ1) is 21.4. The van der Waals surface area contributed by atoms with Gasteiger partial charge in [0.15, 0.2) is 10.9 Å². The van der Waals surface area contributed by atoms with Crippen molar-refractivity contribution in [2.24, 2.45) is 0 Å². The standard InChI is InChI=1S/C23H26N8OS/c1-15-8-5-6-11-17(15)25-22-27-19(26-21(24)28-22)14-33-23-30-29-20(18-12-7-13-32-18)31(23)16-9-3-2-4-10-16/h5-8,11-13,16H,2-4,9-10,14H2,1H3,(H3,24,25,26,27,28). The Labute approximate surface area is 196 Å². The molecule has 10 heteroatoms. The lowest BCUT2D eigenvalue weighted by molar-refractivity contribution is 0.337. The van der Waals surface area contributed by atoms with Gasteiger partial charge in [-0.3, -0.25) is 4.57 Å². The van der Waals surface area contributed by atoms with Gasteiger partial charge < -0.3 is 15.5 Å². The normalized spacial score (nSPS) is 14.5. The maximum Gasteiger partial charge on any atom is 0.232 e. The molecule has 0 saturated heterocycles. The molecule has 1 aromatic carbocycles. The number of anilines is 3. The van der Waals surface area contributed by atoms with E-state index in [-0.39, 0.29) is 5.95 Å². The van der Waals surface area contributed by atoms with Gasteiger partial charge in [-0.2, -0.15) is 15.0 Å². The number of nitrogens with one attached hydrogen (secondary N) is 1. The molecule has 0 spiro atoms. The molecule has 170 valence electrons. The van der Waals surface area contributed by atoms with Crippen LogP contribution in [0.1, 0.15) is 49.5 Å². The molecule has 1 aliphatic carbocycles. The first-order valence-corrected chi connectivity index (χ1v) is 12.1. The average Bonchev–Trinajstić information content (AvgIpc) is 3.49. The summed E-state index contributed by atoms with van der Waals surface area (Å²) in [5.41, 5.74) is 8.01. The number of thioether (sulfide) groups is 1. The van der Waals surface area contributed by atoms with Crippen molar-refractivity contribution in [1.82, 2.24) is 29.7 Å². The van der Waals surface area contributed by atoms with Crippen molar-refractivity contribution in [3.63, 3.8) is 0 Å². The van der Waals surface area contributed by atoms with Crippen LogP contribution in [0.15, 0.2) is 52.2 Å².